The Kier molecular flexibility index (Phi) is 4.00. The van der Waals surface area contributed by atoms with Crippen LogP contribution in [-0.2, 0) is 9.53 Å². The number of rotatable bonds is 5. The molecular weight excluding hydrogens is 236 g/mol. The Morgan fingerprint density at radius 1 is 1.32 bits per heavy atom. The third-order valence-electron chi connectivity index (χ3n) is 3.44. The largest absolute Gasteiger partial charge is 0.465 e. The molecule has 0 fully saturated rings. The van der Waals surface area contributed by atoms with Crippen LogP contribution in [0.4, 0.5) is 0 Å². The molecule has 19 heavy (non-hydrogen) atoms. The molecule has 0 bridgehead atoms. The lowest BCUT2D eigenvalue weighted by Gasteiger charge is -2.14. The van der Waals surface area contributed by atoms with Gasteiger partial charge >= 0.3 is 5.97 Å². The van der Waals surface area contributed by atoms with E-state index in [0.29, 0.717) is 13.0 Å². The van der Waals surface area contributed by atoms with Gasteiger partial charge < -0.3 is 4.74 Å². The Morgan fingerprint density at radius 3 is 2.68 bits per heavy atom. The molecule has 1 unspecified atom stereocenters. The monoisotopic (exact) mass is 254 g/mol. The number of allylic oxidation sites excluding steroid dienone is 3. The van der Waals surface area contributed by atoms with E-state index in [2.05, 4.69) is 25.3 Å². The molecule has 0 saturated heterocycles. The maximum Gasteiger partial charge on any atom is 0.305 e. The fourth-order valence-corrected chi connectivity index (χ4v) is 2.49. The van der Waals surface area contributed by atoms with E-state index in [-0.39, 0.29) is 11.9 Å². The topological polar surface area (TPSA) is 26.3 Å². The van der Waals surface area contributed by atoms with Gasteiger partial charge in [0.05, 0.1) is 0 Å². The normalized spacial score (nSPS) is 17.0. The fourth-order valence-electron chi connectivity index (χ4n) is 2.49. The number of hydrogen-bond donors (Lipinski definition) is 0. The molecule has 0 aromatic heterocycles. The minimum Gasteiger partial charge on any atom is -0.465 e. The number of carbonyl (C=O) groups is 1. The molecular formula is C17H18O2. The van der Waals surface area contributed by atoms with Crippen LogP contribution >= 0.6 is 0 Å². The van der Waals surface area contributed by atoms with Gasteiger partial charge in [-0.05, 0) is 22.3 Å². The van der Waals surface area contributed by atoms with Crippen LogP contribution in [0, 0.1) is 0 Å². The van der Waals surface area contributed by atoms with Gasteiger partial charge in [-0.25, -0.2) is 0 Å². The van der Waals surface area contributed by atoms with Crippen LogP contribution in [0.3, 0.4) is 0 Å². The molecule has 2 rings (SSSR count). The fraction of sp³-hybridized carbons (Fsp3) is 0.235. The maximum atomic E-state index is 11.3. The predicted octanol–water partition coefficient (Wildman–Crippen LogP) is 3.86. The van der Waals surface area contributed by atoms with Crippen LogP contribution in [0.25, 0.3) is 5.57 Å². The summed E-state index contributed by atoms with van der Waals surface area (Å²) >= 11 is 0. The van der Waals surface area contributed by atoms with Crippen LogP contribution < -0.4 is 0 Å². The van der Waals surface area contributed by atoms with Gasteiger partial charge in [-0.3, -0.25) is 4.79 Å². The number of carbonyl (C=O) groups excluding carboxylic acids is 1. The van der Waals surface area contributed by atoms with Crippen LogP contribution in [0.5, 0.6) is 0 Å². The standard InChI is InChI=1S/C17H18O2/c1-4-12-13(5-2)16(11-19-17(18)6-3)15-10-8-7-9-14(12)15/h4-5,7-10,16H,1-2,6,11H2,3H3. The molecule has 0 spiro atoms. The predicted molar refractivity (Wildman–Crippen MR) is 77.7 cm³/mol. The minimum absolute atomic E-state index is 0.0669. The van der Waals surface area contributed by atoms with Crippen molar-refractivity contribution in [1.29, 1.82) is 0 Å². The van der Waals surface area contributed by atoms with Crippen molar-refractivity contribution in [2.75, 3.05) is 6.61 Å². The van der Waals surface area contributed by atoms with Gasteiger partial charge in [0.15, 0.2) is 0 Å². The Bertz CT molecular complexity index is 552. The SMILES string of the molecule is C=CC1=C(C=C)C(COC(=O)CC)c2ccccc21. The average Bonchev–Trinajstić information content (AvgIpc) is 2.77. The summed E-state index contributed by atoms with van der Waals surface area (Å²) in [4.78, 5) is 11.3. The van der Waals surface area contributed by atoms with Crippen molar-refractivity contribution in [1.82, 2.24) is 0 Å². The highest BCUT2D eigenvalue weighted by Crippen LogP contribution is 2.42. The first-order valence-corrected chi connectivity index (χ1v) is 6.46. The van der Waals surface area contributed by atoms with E-state index in [0.717, 1.165) is 16.7 Å². The van der Waals surface area contributed by atoms with Gasteiger partial charge in [-0.2, -0.15) is 0 Å². The third kappa shape index (κ3) is 2.39. The summed E-state index contributed by atoms with van der Waals surface area (Å²) in [6.07, 6.45) is 4.08. The van der Waals surface area contributed by atoms with Gasteiger partial charge in [0.25, 0.3) is 0 Å². The molecule has 0 aliphatic heterocycles. The van der Waals surface area contributed by atoms with E-state index < -0.39 is 0 Å². The summed E-state index contributed by atoms with van der Waals surface area (Å²) in [6.45, 7) is 9.91. The second kappa shape index (κ2) is 5.70. The second-order valence-corrected chi connectivity index (χ2v) is 4.45. The van der Waals surface area contributed by atoms with Crippen LogP contribution in [0.1, 0.15) is 30.4 Å². The zero-order valence-corrected chi connectivity index (χ0v) is 11.2. The second-order valence-electron chi connectivity index (χ2n) is 4.45. The summed E-state index contributed by atoms with van der Waals surface area (Å²) in [5.41, 5.74) is 4.50. The molecule has 98 valence electrons. The number of hydrogen-bond acceptors (Lipinski definition) is 2. The maximum absolute atomic E-state index is 11.3. The molecule has 0 amide bonds. The Morgan fingerprint density at radius 2 is 2.05 bits per heavy atom. The van der Waals surface area contributed by atoms with E-state index >= 15 is 0 Å². The van der Waals surface area contributed by atoms with E-state index in [1.165, 1.54) is 5.56 Å². The van der Waals surface area contributed by atoms with E-state index in [4.69, 9.17) is 4.74 Å². The molecule has 1 aromatic rings. The number of fused-ring (bicyclic) bond motifs is 1. The van der Waals surface area contributed by atoms with Gasteiger partial charge in [0.2, 0.25) is 0 Å². The van der Waals surface area contributed by atoms with E-state index in [1.54, 1.807) is 6.92 Å². The first-order chi connectivity index (χ1) is 9.22. The molecule has 2 nitrogen and oxygen atoms in total. The van der Waals surface area contributed by atoms with Gasteiger partial charge in [-0.15, -0.1) is 0 Å². The third-order valence-corrected chi connectivity index (χ3v) is 3.44. The van der Waals surface area contributed by atoms with Gasteiger partial charge in [-0.1, -0.05) is 56.5 Å². The first-order valence-electron chi connectivity index (χ1n) is 6.46. The zero-order chi connectivity index (χ0) is 13.8. The summed E-state index contributed by atoms with van der Waals surface area (Å²) in [5.74, 6) is -0.106. The quantitative estimate of drug-likeness (QED) is 0.746. The number of esters is 1. The van der Waals surface area contributed by atoms with Gasteiger partial charge in [0, 0.05) is 12.3 Å². The first kappa shape index (κ1) is 13.3. The molecule has 0 heterocycles. The Labute approximate surface area is 114 Å². The molecule has 1 aliphatic carbocycles. The summed E-state index contributed by atoms with van der Waals surface area (Å²) in [6, 6.07) is 8.14. The number of benzene rings is 1. The summed E-state index contributed by atoms with van der Waals surface area (Å²) in [7, 11) is 0. The lowest BCUT2D eigenvalue weighted by Crippen LogP contribution is -2.12. The molecule has 0 saturated carbocycles. The lowest BCUT2D eigenvalue weighted by atomic mass is 9.96. The molecule has 0 N–H and O–H groups in total. The smallest absolute Gasteiger partial charge is 0.305 e. The molecule has 1 aromatic carbocycles. The Hall–Kier alpha value is -2.09. The van der Waals surface area contributed by atoms with Crippen LogP contribution in [0.15, 0.2) is 55.1 Å². The van der Waals surface area contributed by atoms with Gasteiger partial charge in [0.1, 0.15) is 6.61 Å². The molecule has 0 radical (unpaired) electrons. The van der Waals surface area contributed by atoms with Crippen LogP contribution in [0.2, 0.25) is 0 Å². The van der Waals surface area contributed by atoms with E-state index in [9.17, 15) is 4.79 Å². The number of ether oxygens (including phenoxy) is 1. The Balaban J connectivity index is 2.36. The molecule has 1 atom stereocenters. The highest BCUT2D eigenvalue weighted by Gasteiger charge is 2.28. The zero-order valence-electron chi connectivity index (χ0n) is 11.2. The minimum atomic E-state index is -0.173. The van der Waals surface area contributed by atoms with Crippen molar-refractivity contribution < 1.29 is 9.53 Å². The molecule has 2 heteroatoms. The van der Waals surface area contributed by atoms with Crippen molar-refractivity contribution in [2.45, 2.75) is 19.3 Å². The molecule has 1 aliphatic rings. The van der Waals surface area contributed by atoms with E-state index in [1.807, 2.05) is 24.3 Å². The van der Waals surface area contributed by atoms with Crippen molar-refractivity contribution in [3.05, 3.63) is 66.3 Å². The summed E-state index contributed by atoms with van der Waals surface area (Å²) < 4.78 is 5.30. The average molecular weight is 254 g/mol. The summed E-state index contributed by atoms with van der Waals surface area (Å²) in [5, 5.41) is 0. The highest BCUT2D eigenvalue weighted by atomic mass is 16.5. The van der Waals surface area contributed by atoms with Crippen molar-refractivity contribution in [3.63, 3.8) is 0 Å². The van der Waals surface area contributed by atoms with Crippen molar-refractivity contribution in [3.8, 4) is 0 Å². The van der Waals surface area contributed by atoms with Crippen molar-refractivity contribution >= 4 is 11.5 Å². The van der Waals surface area contributed by atoms with Crippen molar-refractivity contribution in [2.24, 2.45) is 0 Å². The van der Waals surface area contributed by atoms with Crippen LogP contribution in [-0.4, -0.2) is 12.6 Å². The lowest BCUT2D eigenvalue weighted by molar-refractivity contribution is -0.143. The highest BCUT2D eigenvalue weighted by molar-refractivity contribution is 5.86.